The number of hydrogen-bond donors (Lipinski definition) is 2. The highest BCUT2D eigenvalue weighted by Crippen LogP contribution is 2.26. The van der Waals surface area contributed by atoms with Crippen molar-refractivity contribution in [2.24, 2.45) is 0 Å². The van der Waals surface area contributed by atoms with Gasteiger partial charge < -0.3 is 10.6 Å². The van der Waals surface area contributed by atoms with E-state index in [1.807, 2.05) is 42.1 Å². The lowest BCUT2D eigenvalue weighted by atomic mass is 10.0. The average molecular weight is 409 g/mol. The molecule has 2 heterocycles. The Labute approximate surface area is 181 Å². The van der Waals surface area contributed by atoms with Crippen LogP contribution in [0, 0.1) is 32.1 Å². The molecule has 2 N–H and O–H groups in total. The molecule has 2 aromatic heterocycles. The number of benzene rings is 2. The van der Waals surface area contributed by atoms with Crippen LogP contribution in [0.2, 0.25) is 0 Å². The zero-order valence-corrected chi connectivity index (χ0v) is 17.7. The van der Waals surface area contributed by atoms with E-state index in [4.69, 9.17) is 5.26 Å². The minimum absolute atomic E-state index is 0.482. The Hall–Kier alpha value is -4.18. The second-order valence-corrected chi connectivity index (χ2v) is 7.46. The van der Waals surface area contributed by atoms with E-state index < -0.39 is 0 Å². The fraction of sp³-hybridized carbons (Fsp3) is 0.167. The summed E-state index contributed by atoms with van der Waals surface area (Å²) in [6.07, 6.45) is 3.70. The number of hydrogen-bond acceptors (Lipinski definition) is 6. The average Bonchev–Trinajstić information content (AvgIpc) is 3.16. The van der Waals surface area contributed by atoms with Crippen LogP contribution in [0.15, 0.2) is 60.9 Å². The molecule has 0 unspecified atom stereocenters. The first-order chi connectivity index (χ1) is 15.0. The number of nitrogens with zero attached hydrogens (tertiary/aromatic N) is 5. The molecule has 4 aromatic rings. The van der Waals surface area contributed by atoms with Crippen LogP contribution in [0.3, 0.4) is 0 Å². The molecule has 0 radical (unpaired) electrons. The van der Waals surface area contributed by atoms with E-state index in [0.717, 1.165) is 34.7 Å². The van der Waals surface area contributed by atoms with Crippen LogP contribution >= 0.6 is 0 Å². The molecule has 7 heteroatoms. The second kappa shape index (κ2) is 8.67. The molecule has 31 heavy (non-hydrogen) atoms. The monoisotopic (exact) mass is 409 g/mol. The highest BCUT2D eigenvalue weighted by molar-refractivity contribution is 5.66. The Morgan fingerprint density at radius 1 is 0.968 bits per heavy atom. The second-order valence-electron chi connectivity index (χ2n) is 7.46. The number of nitriles is 1. The zero-order valence-electron chi connectivity index (χ0n) is 17.7. The Balaban J connectivity index is 1.50. The number of nitrogens with one attached hydrogen (secondary N) is 2. The third-order valence-electron chi connectivity index (χ3n) is 4.89. The summed E-state index contributed by atoms with van der Waals surface area (Å²) in [6, 6.07) is 17.5. The zero-order chi connectivity index (χ0) is 21.8. The smallest absolute Gasteiger partial charge is 0.229 e. The summed E-state index contributed by atoms with van der Waals surface area (Å²) in [6.45, 7) is 6.91. The first kappa shape index (κ1) is 20.1. The van der Waals surface area contributed by atoms with Gasteiger partial charge in [0.1, 0.15) is 5.82 Å². The molecule has 0 atom stereocenters. The van der Waals surface area contributed by atoms with E-state index in [-0.39, 0.29) is 0 Å². The van der Waals surface area contributed by atoms with Crippen LogP contribution in [-0.4, -0.2) is 19.7 Å². The maximum absolute atomic E-state index is 8.92. The molecule has 0 fully saturated rings. The molecule has 2 aromatic carbocycles. The number of anilines is 4. The van der Waals surface area contributed by atoms with Crippen molar-refractivity contribution in [3.63, 3.8) is 0 Å². The van der Waals surface area contributed by atoms with Gasteiger partial charge in [-0.25, -0.2) is 4.98 Å². The molecule has 0 amide bonds. The number of rotatable bonds is 6. The molecule has 0 spiro atoms. The lowest BCUT2D eigenvalue weighted by Crippen LogP contribution is -2.05. The number of aromatic nitrogens is 4. The highest BCUT2D eigenvalue weighted by atomic mass is 15.3. The van der Waals surface area contributed by atoms with E-state index in [1.54, 1.807) is 18.3 Å². The van der Waals surface area contributed by atoms with Crippen LogP contribution in [0.5, 0.6) is 0 Å². The SMILES string of the molecule is Cc1ccn(Cc2cc(C)c(Nc3ccnc(Nc4ccc(C#N)cc4)n3)c(C)c2)n1. The van der Waals surface area contributed by atoms with E-state index >= 15 is 0 Å². The van der Waals surface area contributed by atoms with E-state index in [1.165, 1.54) is 5.56 Å². The molecular formula is C24H23N7. The fourth-order valence-corrected chi connectivity index (χ4v) is 3.45. The summed E-state index contributed by atoms with van der Waals surface area (Å²) in [5.74, 6) is 1.18. The van der Waals surface area contributed by atoms with Crippen molar-refractivity contribution in [2.45, 2.75) is 27.3 Å². The van der Waals surface area contributed by atoms with Crippen molar-refractivity contribution in [3.05, 3.63) is 88.9 Å². The highest BCUT2D eigenvalue weighted by Gasteiger charge is 2.09. The van der Waals surface area contributed by atoms with Crippen LogP contribution in [0.1, 0.15) is 27.9 Å². The van der Waals surface area contributed by atoms with Crippen LogP contribution in [0.4, 0.5) is 23.1 Å². The molecule has 0 aliphatic heterocycles. The summed E-state index contributed by atoms with van der Waals surface area (Å²) in [7, 11) is 0. The maximum atomic E-state index is 8.92. The van der Waals surface area contributed by atoms with Gasteiger partial charge >= 0.3 is 0 Å². The molecule has 0 saturated heterocycles. The van der Waals surface area contributed by atoms with Crippen molar-refractivity contribution in [1.29, 1.82) is 5.26 Å². The van der Waals surface area contributed by atoms with Crippen molar-refractivity contribution in [3.8, 4) is 6.07 Å². The van der Waals surface area contributed by atoms with Gasteiger partial charge in [-0.15, -0.1) is 0 Å². The van der Waals surface area contributed by atoms with Gasteiger partial charge in [-0.1, -0.05) is 12.1 Å². The predicted molar refractivity (Wildman–Crippen MR) is 122 cm³/mol. The van der Waals surface area contributed by atoms with E-state index in [9.17, 15) is 0 Å². The van der Waals surface area contributed by atoms with Crippen LogP contribution < -0.4 is 10.6 Å². The Kier molecular flexibility index (Phi) is 5.63. The molecule has 7 nitrogen and oxygen atoms in total. The van der Waals surface area contributed by atoms with Crippen molar-refractivity contribution in [1.82, 2.24) is 19.7 Å². The van der Waals surface area contributed by atoms with Gasteiger partial charge in [0.25, 0.3) is 0 Å². The third kappa shape index (κ3) is 4.87. The van der Waals surface area contributed by atoms with Crippen LogP contribution in [-0.2, 0) is 6.54 Å². The Morgan fingerprint density at radius 3 is 2.35 bits per heavy atom. The first-order valence-corrected chi connectivity index (χ1v) is 9.97. The maximum Gasteiger partial charge on any atom is 0.229 e. The molecule has 0 aliphatic rings. The van der Waals surface area contributed by atoms with Gasteiger partial charge in [-0.05, 0) is 73.9 Å². The van der Waals surface area contributed by atoms with Gasteiger partial charge in [-0.2, -0.15) is 15.3 Å². The fourth-order valence-electron chi connectivity index (χ4n) is 3.45. The molecular weight excluding hydrogens is 386 g/mol. The quantitative estimate of drug-likeness (QED) is 0.465. The molecule has 0 aliphatic carbocycles. The van der Waals surface area contributed by atoms with Crippen molar-refractivity contribution in [2.75, 3.05) is 10.6 Å². The van der Waals surface area contributed by atoms with Crippen LogP contribution in [0.25, 0.3) is 0 Å². The summed E-state index contributed by atoms with van der Waals surface area (Å²) in [5, 5.41) is 20.0. The lowest BCUT2D eigenvalue weighted by Gasteiger charge is -2.15. The van der Waals surface area contributed by atoms with Gasteiger partial charge in [0.05, 0.1) is 23.9 Å². The Morgan fingerprint density at radius 2 is 1.71 bits per heavy atom. The third-order valence-corrected chi connectivity index (χ3v) is 4.89. The summed E-state index contributed by atoms with van der Waals surface area (Å²) in [5.41, 5.74) is 6.96. The van der Waals surface area contributed by atoms with Gasteiger partial charge in [-0.3, -0.25) is 4.68 Å². The topological polar surface area (TPSA) is 91.5 Å². The van der Waals surface area contributed by atoms with E-state index in [2.05, 4.69) is 57.7 Å². The van der Waals surface area contributed by atoms with Gasteiger partial charge in [0.2, 0.25) is 5.95 Å². The predicted octanol–water partition coefficient (Wildman–Crippen LogP) is 5.01. The van der Waals surface area contributed by atoms with E-state index in [0.29, 0.717) is 17.3 Å². The van der Waals surface area contributed by atoms with Crippen molar-refractivity contribution >= 4 is 23.1 Å². The minimum Gasteiger partial charge on any atom is -0.340 e. The van der Waals surface area contributed by atoms with Gasteiger partial charge in [0, 0.05) is 23.8 Å². The summed E-state index contributed by atoms with van der Waals surface area (Å²) in [4.78, 5) is 8.86. The molecule has 0 saturated carbocycles. The summed E-state index contributed by atoms with van der Waals surface area (Å²) < 4.78 is 1.95. The normalized spacial score (nSPS) is 10.5. The molecule has 0 bridgehead atoms. The largest absolute Gasteiger partial charge is 0.340 e. The first-order valence-electron chi connectivity index (χ1n) is 9.97. The number of aryl methyl sites for hydroxylation is 3. The Bertz CT molecular complexity index is 1230. The summed E-state index contributed by atoms with van der Waals surface area (Å²) >= 11 is 0. The molecule has 154 valence electrons. The lowest BCUT2D eigenvalue weighted by molar-refractivity contribution is 0.679. The minimum atomic E-state index is 0.482. The standard InChI is InChI=1S/C24H23N7/c1-16-12-20(15-31-11-9-18(3)30-31)13-17(2)23(16)28-22-8-10-26-24(29-22)27-21-6-4-19(14-25)5-7-21/h4-13H,15H2,1-3H3,(H2,26,27,28,29). The molecule has 4 rings (SSSR count). The van der Waals surface area contributed by atoms with Gasteiger partial charge in [0.15, 0.2) is 0 Å². The van der Waals surface area contributed by atoms with Crippen molar-refractivity contribution < 1.29 is 0 Å².